The molecule has 0 aliphatic heterocycles. The predicted molar refractivity (Wildman–Crippen MR) is 78.5 cm³/mol. The van der Waals surface area contributed by atoms with Gasteiger partial charge in [0.25, 0.3) is 0 Å². The molecule has 2 N–H and O–H groups in total. The fraction of sp³-hybridized carbons (Fsp3) is 0.467. The van der Waals surface area contributed by atoms with Crippen molar-refractivity contribution in [1.82, 2.24) is 5.32 Å². The molecule has 5 heteroatoms. The largest absolute Gasteiger partial charge is 0.481 e. The van der Waals surface area contributed by atoms with Crippen molar-refractivity contribution in [1.29, 1.82) is 0 Å². The van der Waals surface area contributed by atoms with Crippen molar-refractivity contribution < 1.29 is 14.7 Å². The number of carbonyl (C=O) groups excluding carboxylic acids is 1. The molecule has 1 aromatic rings. The lowest BCUT2D eigenvalue weighted by atomic mass is 9.82. The molecule has 0 saturated heterocycles. The third-order valence-corrected chi connectivity index (χ3v) is 4.68. The summed E-state index contributed by atoms with van der Waals surface area (Å²) in [5, 5.41) is 14.2. The molecular weight excluding hydrogens is 274 g/mol. The van der Waals surface area contributed by atoms with Gasteiger partial charge in [-0.3, -0.25) is 9.59 Å². The predicted octanol–water partition coefficient (Wildman–Crippen LogP) is 2.98. The summed E-state index contributed by atoms with van der Waals surface area (Å²) in [4.78, 5) is 24.7. The molecule has 1 aromatic heterocycles. The van der Waals surface area contributed by atoms with Crippen LogP contribution in [0, 0.1) is 11.8 Å². The number of carbonyl (C=O) groups is 2. The van der Waals surface area contributed by atoms with Crippen molar-refractivity contribution in [2.45, 2.75) is 32.2 Å². The highest BCUT2D eigenvalue weighted by atomic mass is 32.1. The Morgan fingerprint density at radius 1 is 1.40 bits per heavy atom. The average molecular weight is 293 g/mol. The Bertz CT molecular complexity index is 495. The summed E-state index contributed by atoms with van der Waals surface area (Å²) in [6.07, 6.45) is 5.48. The molecule has 1 amide bonds. The number of carboxylic acid groups (broad SMARTS) is 1. The van der Waals surface area contributed by atoms with Gasteiger partial charge >= 0.3 is 5.97 Å². The van der Waals surface area contributed by atoms with Crippen molar-refractivity contribution >= 4 is 23.2 Å². The lowest BCUT2D eigenvalue weighted by molar-refractivity contribution is -0.147. The number of hydrogen-bond donors (Lipinski definition) is 2. The first-order chi connectivity index (χ1) is 9.63. The van der Waals surface area contributed by atoms with Gasteiger partial charge < -0.3 is 10.4 Å². The van der Waals surface area contributed by atoms with Gasteiger partial charge in [0.05, 0.1) is 17.9 Å². The van der Waals surface area contributed by atoms with Gasteiger partial charge in [-0.25, -0.2) is 0 Å². The van der Waals surface area contributed by atoms with Gasteiger partial charge in [0.1, 0.15) is 0 Å². The first kappa shape index (κ1) is 14.8. The second-order valence-electron chi connectivity index (χ2n) is 4.98. The van der Waals surface area contributed by atoms with Crippen molar-refractivity contribution in [2.75, 3.05) is 0 Å². The second-order valence-corrected chi connectivity index (χ2v) is 5.96. The van der Waals surface area contributed by atoms with Crippen LogP contribution in [0.2, 0.25) is 0 Å². The second kappa shape index (κ2) is 6.70. The lowest BCUT2D eigenvalue weighted by Crippen LogP contribution is -2.40. The smallest absolute Gasteiger partial charge is 0.307 e. The van der Waals surface area contributed by atoms with E-state index < -0.39 is 17.8 Å². The molecule has 1 aliphatic carbocycles. The maximum Gasteiger partial charge on any atom is 0.307 e. The minimum absolute atomic E-state index is 0.0251. The summed E-state index contributed by atoms with van der Waals surface area (Å²) in [6, 6.07) is 3.93. The SMILES string of the molecule is CCC(NC(=O)C1CC=CCC1C(=O)O)c1cccs1. The first-order valence-electron chi connectivity index (χ1n) is 6.85. The van der Waals surface area contributed by atoms with Gasteiger partial charge in [-0.15, -0.1) is 11.3 Å². The molecule has 3 atom stereocenters. The molecule has 0 saturated carbocycles. The molecule has 2 rings (SSSR count). The van der Waals surface area contributed by atoms with Crippen LogP contribution in [-0.4, -0.2) is 17.0 Å². The van der Waals surface area contributed by atoms with Crippen molar-refractivity contribution in [3.05, 3.63) is 34.5 Å². The molecular formula is C15H19NO3S. The van der Waals surface area contributed by atoms with Crippen molar-refractivity contribution in [3.8, 4) is 0 Å². The van der Waals surface area contributed by atoms with E-state index in [-0.39, 0.29) is 11.9 Å². The van der Waals surface area contributed by atoms with Crippen LogP contribution in [0.3, 0.4) is 0 Å². The molecule has 1 heterocycles. The van der Waals surface area contributed by atoms with Crippen LogP contribution in [0.1, 0.15) is 37.1 Å². The normalized spacial score (nSPS) is 23.2. The standard InChI is InChI=1S/C15H19NO3S/c1-2-12(13-8-5-9-20-13)16-14(17)10-6-3-4-7-11(10)15(18)19/h3-5,8-12H,2,6-7H2,1H3,(H,16,17)(H,18,19). The molecule has 0 fully saturated rings. The molecule has 0 spiro atoms. The van der Waals surface area contributed by atoms with Crippen LogP contribution < -0.4 is 5.32 Å². The van der Waals surface area contributed by atoms with E-state index in [1.54, 1.807) is 11.3 Å². The molecule has 108 valence electrons. The Kier molecular flexibility index (Phi) is 4.95. The van der Waals surface area contributed by atoms with Gasteiger partial charge in [0, 0.05) is 4.88 Å². The quantitative estimate of drug-likeness (QED) is 0.820. The summed E-state index contributed by atoms with van der Waals surface area (Å²) in [5.41, 5.74) is 0. The number of thiophene rings is 1. The average Bonchev–Trinajstić information content (AvgIpc) is 2.98. The monoisotopic (exact) mass is 293 g/mol. The Morgan fingerprint density at radius 3 is 2.65 bits per heavy atom. The van der Waals surface area contributed by atoms with Crippen LogP contribution in [0.25, 0.3) is 0 Å². The number of amides is 1. The zero-order valence-electron chi connectivity index (χ0n) is 11.4. The van der Waals surface area contributed by atoms with Crippen LogP contribution >= 0.6 is 11.3 Å². The van der Waals surface area contributed by atoms with Gasteiger partial charge in [0.2, 0.25) is 5.91 Å². The number of allylic oxidation sites excluding steroid dienone is 2. The van der Waals surface area contributed by atoms with Crippen LogP contribution in [0.5, 0.6) is 0 Å². The number of carboxylic acids is 1. The number of aliphatic carboxylic acids is 1. The minimum atomic E-state index is -0.890. The molecule has 0 bridgehead atoms. The van der Waals surface area contributed by atoms with E-state index in [0.29, 0.717) is 12.8 Å². The van der Waals surface area contributed by atoms with E-state index >= 15 is 0 Å². The maximum atomic E-state index is 12.4. The van der Waals surface area contributed by atoms with Gasteiger partial charge in [-0.1, -0.05) is 25.1 Å². The summed E-state index contributed by atoms with van der Waals surface area (Å²) in [5.74, 6) is -2.12. The van der Waals surface area contributed by atoms with Crippen molar-refractivity contribution in [2.24, 2.45) is 11.8 Å². The van der Waals surface area contributed by atoms with Gasteiger partial charge in [-0.2, -0.15) is 0 Å². The summed E-state index contributed by atoms with van der Waals surface area (Å²) >= 11 is 1.61. The van der Waals surface area contributed by atoms with E-state index in [4.69, 9.17) is 0 Å². The Balaban J connectivity index is 2.06. The maximum absolute atomic E-state index is 12.4. The van der Waals surface area contributed by atoms with E-state index in [0.717, 1.165) is 11.3 Å². The molecule has 0 aromatic carbocycles. The summed E-state index contributed by atoms with van der Waals surface area (Å²) in [7, 11) is 0. The Morgan fingerprint density at radius 2 is 2.10 bits per heavy atom. The first-order valence-corrected chi connectivity index (χ1v) is 7.73. The van der Waals surface area contributed by atoms with E-state index in [2.05, 4.69) is 5.32 Å². The Labute approximate surface area is 122 Å². The van der Waals surface area contributed by atoms with E-state index in [1.165, 1.54) is 0 Å². The van der Waals surface area contributed by atoms with Crippen LogP contribution in [0.15, 0.2) is 29.7 Å². The number of nitrogens with one attached hydrogen (secondary N) is 1. The topological polar surface area (TPSA) is 66.4 Å². The lowest BCUT2D eigenvalue weighted by Gasteiger charge is -2.26. The molecule has 3 unspecified atom stereocenters. The summed E-state index contributed by atoms with van der Waals surface area (Å²) in [6.45, 7) is 2.01. The van der Waals surface area contributed by atoms with Crippen LogP contribution in [-0.2, 0) is 9.59 Å². The highest BCUT2D eigenvalue weighted by Crippen LogP contribution is 2.28. The highest BCUT2D eigenvalue weighted by Gasteiger charge is 2.34. The van der Waals surface area contributed by atoms with Crippen molar-refractivity contribution in [3.63, 3.8) is 0 Å². The third-order valence-electron chi connectivity index (χ3n) is 3.70. The zero-order valence-corrected chi connectivity index (χ0v) is 12.2. The number of rotatable bonds is 5. The minimum Gasteiger partial charge on any atom is -0.481 e. The Hall–Kier alpha value is -1.62. The number of hydrogen-bond acceptors (Lipinski definition) is 3. The molecule has 1 aliphatic rings. The fourth-order valence-corrected chi connectivity index (χ4v) is 3.38. The van der Waals surface area contributed by atoms with Gasteiger partial charge in [0.15, 0.2) is 0 Å². The zero-order chi connectivity index (χ0) is 14.5. The highest BCUT2D eigenvalue weighted by molar-refractivity contribution is 7.10. The molecule has 4 nitrogen and oxygen atoms in total. The fourth-order valence-electron chi connectivity index (χ4n) is 2.52. The van der Waals surface area contributed by atoms with Gasteiger partial charge in [-0.05, 0) is 30.7 Å². The van der Waals surface area contributed by atoms with E-state index in [9.17, 15) is 14.7 Å². The molecule has 20 heavy (non-hydrogen) atoms. The summed E-state index contributed by atoms with van der Waals surface area (Å²) < 4.78 is 0. The van der Waals surface area contributed by atoms with E-state index in [1.807, 2.05) is 36.6 Å². The third kappa shape index (κ3) is 3.28. The van der Waals surface area contributed by atoms with Crippen LogP contribution in [0.4, 0.5) is 0 Å². The molecule has 0 radical (unpaired) electrons.